The molecule has 0 aliphatic carbocycles. The minimum Gasteiger partial charge on any atom is -0.463 e. The van der Waals surface area contributed by atoms with Gasteiger partial charge in [-0.25, -0.2) is 0 Å². The van der Waals surface area contributed by atoms with Crippen molar-refractivity contribution < 1.29 is 28.5 Å². The molecule has 6 nitrogen and oxygen atoms in total. The van der Waals surface area contributed by atoms with Gasteiger partial charge in [0.15, 0.2) is 0 Å². The summed E-state index contributed by atoms with van der Waals surface area (Å²) >= 11 is 0. The summed E-state index contributed by atoms with van der Waals surface area (Å²) in [6.07, 6.45) is 11.6. The lowest BCUT2D eigenvalue weighted by Crippen LogP contribution is -2.34. The van der Waals surface area contributed by atoms with Crippen LogP contribution in [0, 0.1) is 0 Å². The van der Waals surface area contributed by atoms with Crippen LogP contribution in [0.1, 0.15) is 87.8 Å². The Hall–Kier alpha value is -3.03. The van der Waals surface area contributed by atoms with E-state index in [1.165, 1.54) is 44.9 Å². The predicted octanol–water partition coefficient (Wildman–Crippen LogP) is 8.51. The fourth-order valence-electron chi connectivity index (χ4n) is 5.43. The molecule has 0 unspecified atom stereocenters. The van der Waals surface area contributed by atoms with Crippen LogP contribution in [-0.2, 0) is 34.1 Å². The van der Waals surface area contributed by atoms with Gasteiger partial charge in [-0.2, -0.15) is 0 Å². The van der Waals surface area contributed by atoms with Crippen molar-refractivity contribution in [3.8, 4) is 0 Å². The maximum Gasteiger partial charge on any atom is 0.305 e. The van der Waals surface area contributed by atoms with Crippen LogP contribution in [0.2, 0.25) is 0 Å². The summed E-state index contributed by atoms with van der Waals surface area (Å²) < 4.78 is 29.0. The highest BCUT2D eigenvalue weighted by atomic mass is 16.6. The number of esters is 1. The smallest absolute Gasteiger partial charge is 0.305 e. The summed E-state index contributed by atoms with van der Waals surface area (Å²) in [4.78, 5) is 11.9. The van der Waals surface area contributed by atoms with E-state index in [4.69, 9.17) is 23.7 Å². The van der Waals surface area contributed by atoms with Gasteiger partial charge in [-0.15, -0.1) is 0 Å². The maximum atomic E-state index is 11.9. The number of benzene rings is 3. The molecule has 0 aliphatic heterocycles. The molecule has 246 valence electrons. The Balaban J connectivity index is 1.23. The van der Waals surface area contributed by atoms with Gasteiger partial charge in [0.25, 0.3) is 0 Å². The highest BCUT2D eigenvalue weighted by Crippen LogP contribution is 2.40. The Kier molecular flexibility index (Phi) is 18.9. The third kappa shape index (κ3) is 13.9. The van der Waals surface area contributed by atoms with Gasteiger partial charge in [-0.05, 0) is 23.1 Å². The Morgan fingerprint density at radius 3 is 1.31 bits per heavy atom. The number of rotatable bonds is 26. The molecule has 0 amide bonds. The summed E-state index contributed by atoms with van der Waals surface area (Å²) in [6, 6.07) is 31.0. The zero-order chi connectivity index (χ0) is 31.7. The maximum absolute atomic E-state index is 11.9. The molecule has 0 spiro atoms. The van der Waals surface area contributed by atoms with E-state index >= 15 is 0 Å². The average Bonchev–Trinajstić information content (AvgIpc) is 3.09. The van der Waals surface area contributed by atoms with Crippen molar-refractivity contribution in [2.75, 3.05) is 52.9 Å². The zero-order valence-electron chi connectivity index (χ0n) is 27.3. The monoisotopic (exact) mass is 618 g/mol. The molecule has 0 saturated heterocycles. The van der Waals surface area contributed by atoms with Gasteiger partial charge in [-0.3, -0.25) is 4.79 Å². The summed E-state index contributed by atoms with van der Waals surface area (Å²) in [5, 5.41) is 0. The topological polar surface area (TPSA) is 63.2 Å². The van der Waals surface area contributed by atoms with E-state index in [0.29, 0.717) is 52.7 Å². The van der Waals surface area contributed by atoms with Crippen LogP contribution in [-0.4, -0.2) is 58.8 Å². The normalized spacial score (nSPS) is 11.5. The fourth-order valence-corrected chi connectivity index (χ4v) is 5.43. The number of hydrogen-bond donors (Lipinski definition) is 0. The summed E-state index contributed by atoms with van der Waals surface area (Å²) in [6.45, 7) is 5.62. The van der Waals surface area contributed by atoms with Crippen LogP contribution in [0.5, 0.6) is 0 Å². The van der Waals surface area contributed by atoms with Crippen LogP contribution < -0.4 is 0 Å². The second-order valence-electron chi connectivity index (χ2n) is 11.3. The molecule has 0 heterocycles. The highest BCUT2D eigenvalue weighted by Gasteiger charge is 2.37. The van der Waals surface area contributed by atoms with E-state index in [1.807, 2.05) is 54.6 Å². The predicted molar refractivity (Wildman–Crippen MR) is 180 cm³/mol. The van der Waals surface area contributed by atoms with E-state index in [9.17, 15) is 4.79 Å². The SMILES string of the molecule is CCCCCCCCCCCC(=O)OCCOCCOCCOCCOC(c1ccccc1)(c1ccccc1)c1ccccc1. The summed E-state index contributed by atoms with van der Waals surface area (Å²) in [5.74, 6) is -0.132. The molecule has 3 aromatic carbocycles. The Bertz CT molecular complexity index is 1030. The van der Waals surface area contributed by atoms with Crippen molar-refractivity contribution in [3.05, 3.63) is 108 Å². The molecule has 3 aromatic rings. The third-order valence-corrected chi connectivity index (χ3v) is 7.81. The first-order chi connectivity index (χ1) is 22.3. The molecule has 0 bridgehead atoms. The number of hydrogen-bond acceptors (Lipinski definition) is 6. The molecule has 0 radical (unpaired) electrons. The molecule has 45 heavy (non-hydrogen) atoms. The average molecular weight is 619 g/mol. The van der Waals surface area contributed by atoms with E-state index in [-0.39, 0.29) is 12.6 Å². The quantitative estimate of drug-likeness (QED) is 0.0511. The second-order valence-corrected chi connectivity index (χ2v) is 11.3. The molecule has 0 aromatic heterocycles. The van der Waals surface area contributed by atoms with Crippen molar-refractivity contribution in [1.29, 1.82) is 0 Å². The van der Waals surface area contributed by atoms with E-state index in [1.54, 1.807) is 0 Å². The molecule has 0 saturated carbocycles. The summed E-state index contributed by atoms with van der Waals surface area (Å²) in [5.41, 5.74) is 2.46. The number of ether oxygens (including phenoxy) is 5. The Labute approximate surface area is 271 Å². The standard InChI is InChI=1S/C39H54O6/c1-2-3-4-5-6-7-8-9-19-26-38(40)44-33-31-42-29-27-41-28-30-43-32-34-45-39(35-20-13-10-14-21-35,36-22-15-11-16-23-36)37-24-17-12-18-25-37/h10-18,20-25H,2-9,19,26-34H2,1H3. The van der Waals surface area contributed by atoms with Crippen LogP contribution in [0.3, 0.4) is 0 Å². The van der Waals surface area contributed by atoms with Gasteiger partial charge >= 0.3 is 5.97 Å². The molecule has 0 aliphatic rings. The van der Waals surface area contributed by atoms with Gasteiger partial charge < -0.3 is 23.7 Å². The lowest BCUT2D eigenvalue weighted by Gasteiger charge is -2.36. The van der Waals surface area contributed by atoms with Gasteiger partial charge in [-0.1, -0.05) is 149 Å². The van der Waals surface area contributed by atoms with Crippen LogP contribution >= 0.6 is 0 Å². The van der Waals surface area contributed by atoms with Crippen molar-refractivity contribution in [2.24, 2.45) is 0 Å². The summed E-state index contributed by atoms with van der Waals surface area (Å²) in [7, 11) is 0. The van der Waals surface area contributed by atoms with Crippen molar-refractivity contribution in [3.63, 3.8) is 0 Å². The first-order valence-corrected chi connectivity index (χ1v) is 17.0. The molecule has 0 atom stereocenters. The lowest BCUT2D eigenvalue weighted by molar-refractivity contribution is -0.145. The van der Waals surface area contributed by atoms with Crippen LogP contribution in [0.15, 0.2) is 91.0 Å². The number of unbranched alkanes of at least 4 members (excludes halogenated alkanes) is 8. The molecular formula is C39H54O6. The van der Waals surface area contributed by atoms with Gasteiger partial charge in [0.05, 0.1) is 46.2 Å². The molecule has 3 rings (SSSR count). The minimum absolute atomic E-state index is 0.132. The first-order valence-electron chi connectivity index (χ1n) is 17.0. The first kappa shape index (κ1) is 36.4. The third-order valence-electron chi connectivity index (χ3n) is 7.81. The molecule has 0 N–H and O–H groups in total. The number of carbonyl (C=O) groups excluding carboxylic acids is 1. The Morgan fingerprint density at radius 1 is 0.489 bits per heavy atom. The van der Waals surface area contributed by atoms with Crippen LogP contribution in [0.25, 0.3) is 0 Å². The van der Waals surface area contributed by atoms with Gasteiger partial charge in [0.1, 0.15) is 12.2 Å². The molecule has 0 fully saturated rings. The van der Waals surface area contributed by atoms with E-state index < -0.39 is 5.60 Å². The highest BCUT2D eigenvalue weighted by molar-refractivity contribution is 5.69. The minimum atomic E-state index is -0.747. The number of carbonyl (C=O) groups is 1. The van der Waals surface area contributed by atoms with E-state index in [0.717, 1.165) is 29.5 Å². The van der Waals surface area contributed by atoms with E-state index in [2.05, 4.69) is 43.3 Å². The van der Waals surface area contributed by atoms with Gasteiger partial charge in [0.2, 0.25) is 0 Å². The lowest BCUT2D eigenvalue weighted by atomic mass is 9.80. The second kappa shape index (κ2) is 23.3. The van der Waals surface area contributed by atoms with Crippen molar-refractivity contribution in [1.82, 2.24) is 0 Å². The zero-order valence-corrected chi connectivity index (χ0v) is 27.3. The van der Waals surface area contributed by atoms with Crippen molar-refractivity contribution >= 4 is 5.97 Å². The fraction of sp³-hybridized carbons (Fsp3) is 0.513. The van der Waals surface area contributed by atoms with Crippen molar-refractivity contribution in [2.45, 2.75) is 76.7 Å². The van der Waals surface area contributed by atoms with Gasteiger partial charge in [0, 0.05) is 6.42 Å². The Morgan fingerprint density at radius 2 is 0.867 bits per heavy atom. The largest absolute Gasteiger partial charge is 0.463 e. The molecular weight excluding hydrogens is 564 g/mol. The molecule has 6 heteroatoms. The van der Waals surface area contributed by atoms with Crippen LogP contribution in [0.4, 0.5) is 0 Å².